The maximum Gasteiger partial charge on any atom is 0.293 e. The smallest absolute Gasteiger partial charge is 0.293 e. The predicted molar refractivity (Wildman–Crippen MR) is 113 cm³/mol. The van der Waals surface area contributed by atoms with Crippen LogP contribution in [-0.4, -0.2) is 43.4 Å². The van der Waals surface area contributed by atoms with Gasteiger partial charge in [0.15, 0.2) is 11.5 Å². The Labute approximate surface area is 174 Å². The molecule has 0 radical (unpaired) electrons. The van der Waals surface area contributed by atoms with Gasteiger partial charge < -0.3 is 14.2 Å². The second kappa shape index (κ2) is 10.1. The van der Waals surface area contributed by atoms with Crippen molar-refractivity contribution in [2.75, 3.05) is 27.4 Å². The van der Waals surface area contributed by atoms with Gasteiger partial charge in [-0.05, 0) is 47.5 Å². The van der Waals surface area contributed by atoms with Gasteiger partial charge in [0, 0.05) is 20.3 Å². The Kier molecular flexibility index (Phi) is 7.32. The van der Waals surface area contributed by atoms with Gasteiger partial charge in [-0.1, -0.05) is 36.4 Å². The second-order valence-corrected chi connectivity index (χ2v) is 7.36. The first kappa shape index (κ1) is 21.0. The largest absolute Gasteiger partial charge is 0.493 e. The highest BCUT2D eigenvalue weighted by Crippen LogP contribution is 2.34. The van der Waals surface area contributed by atoms with E-state index in [2.05, 4.69) is 0 Å². The molecule has 0 bridgehead atoms. The lowest BCUT2D eigenvalue weighted by Gasteiger charge is -2.12. The van der Waals surface area contributed by atoms with Crippen LogP contribution in [0.15, 0.2) is 53.4 Å². The third-order valence-corrected chi connectivity index (χ3v) is 5.23. The molecule has 1 aliphatic heterocycles. The van der Waals surface area contributed by atoms with Crippen molar-refractivity contribution >= 4 is 29.0 Å². The molecule has 2 aromatic carbocycles. The van der Waals surface area contributed by atoms with Crippen LogP contribution >= 0.6 is 11.8 Å². The molecule has 1 saturated heterocycles. The second-order valence-electron chi connectivity index (χ2n) is 6.36. The van der Waals surface area contributed by atoms with Crippen molar-refractivity contribution in [1.82, 2.24) is 4.90 Å². The first-order chi connectivity index (χ1) is 14.1. The standard InChI is InChI=1S/C22H23NO5S/c1-26-12-6-11-23-21(24)20(29-22(23)25)14-17-9-10-18(19(13-17)27-2)28-15-16-7-4-3-5-8-16/h3-5,7-10,13-14H,6,11-12,15H2,1-2H3/b20-14+. The number of thioether (sulfide) groups is 1. The minimum absolute atomic E-state index is 0.257. The molecule has 0 spiro atoms. The molecular formula is C22H23NO5S. The number of hydrogen-bond donors (Lipinski definition) is 0. The lowest BCUT2D eigenvalue weighted by atomic mass is 10.1. The number of hydrogen-bond acceptors (Lipinski definition) is 6. The Morgan fingerprint density at radius 3 is 2.55 bits per heavy atom. The number of imide groups is 1. The van der Waals surface area contributed by atoms with Crippen LogP contribution in [0.5, 0.6) is 11.5 Å². The van der Waals surface area contributed by atoms with Crippen molar-refractivity contribution < 1.29 is 23.8 Å². The van der Waals surface area contributed by atoms with Gasteiger partial charge in [-0.3, -0.25) is 14.5 Å². The molecule has 2 amide bonds. The van der Waals surface area contributed by atoms with E-state index in [9.17, 15) is 9.59 Å². The highest BCUT2D eigenvalue weighted by atomic mass is 32.2. The highest BCUT2D eigenvalue weighted by Gasteiger charge is 2.34. The summed E-state index contributed by atoms with van der Waals surface area (Å²) in [5.74, 6) is 0.898. The molecule has 152 valence electrons. The summed E-state index contributed by atoms with van der Waals surface area (Å²) < 4.78 is 16.3. The normalized spacial score (nSPS) is 15.2. The van der Waals surface area contributed by atoms with Crippen molar-refractivity contribution in [2.24, 2.45) is 0 Å². The van der Waals surface area contributed by atoms with Crippen LogP contribution in [0.3, 0.4) is 0 Å². The van der Waals surface area contributed by atoms with Crippen LogP contribution in [0.2, 0.25) is 0 Å². The minimum atomic E-state index is -0.278. The van der Waals surface area contributed by atoms with Crippen molar-refractivity contribution in [3.63, 3.8) is 0 Å². The number of methoxy groups -OCH3 is 2. The van der Waals surface area contributed by atoms with Crippen molar-refractivity contribution in [2.45, 2.75) is 13.0 Å². The van der Waals surface area contributed by atoms with Crippen LogP contribution in [-0.2, 0) is 16.1 Å². The Bertz CT molecular complexity index is 897. The maximum absolute atomic E-state index is 12.5. The van der Waals surface area contributed by atoms with Crippen molar-refractivity contribution in [3.8, 4) is 11.5 Å². The van der Waals surface area contributed by atoms with Crippen LogP contribution in [0.1, 0.15) is 17.5 Å². The molecule has 2 aromatic rings. The average Bonchev–Trinajstić information content (AvgIpc) is 3.01. The Balaban J connectivity index is 1.71. The molecule has 1 fully saturated rings. The summed E-state index contributed by atoms with van der Waals surface area (Å²) >= 11 is 0.946. The zero-order valence-corrected chi connectivity index (χ0v) is 17.2. The average molecular weight is 413 g/mol. The topological polar surface area (TPSA) is 65.1 Å². The number of rotatable bonds is 9. The number of benzene rings is 2. The van der Waals surface area contributed by atoms with Gasteiger partial charge in [-0.2, -0.15) is 0 Å². The highest BCUT2D eigenvalue weighted by molar-refractivity contribution is 8.18. The van der Waals surface area contributed by atoms with E-state index in [4.69, 9.17) is 14.2 Å². The van der Waals surface area contributed by atoms with Crippen LogP contribution in [0.25, 0.3) is 6.08 Å². The first-order valence-electron chi connectivity index (χ1n) is 9.21. The molecule has 0 aliphatic carbocycles. The zero-order valence-electron chi connectivity index (χ0n) is 16.4. The molecule has 0 unspecified atom stereocenters. The Morgan fingerprint density at radius 2 is 1.83 bits per heavy atom. The van der Waals surface area contributed by atoms with Gasteiger partial charge in [-0.15, -0.1) is 0 Å². The van der Waals surface area contributed by atoms with E-state index in [1.165, 1.54) is 4.90 Å². The molecule has 3 rings (SSSR count). The molecule has 1 aliphatic rings. The van der Waals surface area contributed by atoms with Gasteiger partial charge in [0.2, 0.25) is 0 Å². The van der Waals surface area contributed by atoms with Crippen molar-refractivity contribution in [3.05, 3.63) is 64.6 Å². The van der Waals surface area contributed by atoms with E-state index in [0.717, 1.165) is 22.9 Å². The van der Waals surface area contributed by atoms with Gasteiger partial charge in [-0.25, -0.2) is 0 Å². The monoisotopic (exact) mass is 413 g/mol. The molecule has 0 N–H and O–H groups in total. The van der Waals surface area contributed by atoms with Crippen molar-refractivity contribution in [1.29, 1.82) is 0 Å². The molecule has 1 heterocycles. The van der Waals surface area contributed by atoms with E-state index in [1.54, 1.807) is 32.4 Å². The van der Waals surface area contributed by atoms with Crippen LogP contribution < -0.4 is 9.47 Å². The molecule has 6 nitrogen and oxygen atoms in total. The Hall–Kier alpha value is -2.77. The SMILES string of the molecule is COCCCN1C(=O)S/C(=C/c2ccc(OCc3ccccc3)c(OC)c2)C1=O. The van der Waals surface area contributed by atoms with Crippen LogP contribution in [0, 0.1) is 0 Å². The van der Waals surface area contributed by atoms with Gasteiger partial charge in [0.1, 0.15) is 6.61 Å². The van der Waals surface area contributed by atoms with E-state index < -0.39 is 0 Å². The number of amides is 2. The van der Waals surface area contributed by atoms with Gasteiger partial charge >= 0.3 is 0 Å². The summed E-state index contributed by atoms with van der Waals surface area (Å²) in [6, 6.07) is 15.3. The molecule has 0 atom stereocenters. The summed E-state index contributed by atoms with van der Waals surface area (Å²) in [4.78, 5) is 26.3. The van der Waals surface area contributed by atoms with E-state index in [0.29, 0.717) is 42.6 Å². The van der Waals surface area contributed by atoms with Gasteiger partial charge in [0.05, 0.1) is 12.0 Å². The zero-order chi connectivity index (χ0) is 20.6. The fourth-order valence-electron chi connectivity index (χ4n) is 2.84. The fourth-order valence-corrected chi connectivity index (χ4v) is 3.70. The molecule has 7 heteroatoms. The molecule has 29 heavy (non-hydrogen) atoms. The number of ether oxygens (including phenoxy) is 3. The van der Waals surface area contributed by atoms with E-state index in [-0.39, 0.29) is 11.1 Å². The number of carbonyl (C=O) groups excluding carboxylic acids is 2. The number of carbonyl (C=O) groups is 2. The Morgan fingerprint density at radius 1 is 1.03 bits per heavy atom. The third kappa shape index (κ3) is 5.40. The summed E-state index contributed by atoms with van der Waals surface area (Å²) in [6.45, 7) is 1.28. The molecule has 0 aromatic heterocycles. The summed E-state index contributed by atoms with van der Waals surface area (Å²) in [5.41, 5.74) is 1.82. The van der Waals surface area contributed by atoms with Gasteiger partial charge in [0.25, 0.3) is 11.1 Å². The first-order valence-corrected chi connectivity index (χ1v) is 10.0. The van der Waals surface area contributed by atoms with Crippen LogP contribution in [0.4, 0.5) is 4.79 Å². The third-order valence-electron chi connectivity index (χ3n) is 4.33. The summed E-state index contributed by atoms with van der Waals surface area (Å²) in [7, 11) is 3.16. The molecular weight excluding hydrogens is 390 g/mol. The summed E-state index contributed by atoms with van der Waals surface area (Å²) in [5, 5.41) is -0.257. The quantitative estimate of drug-likeness (QED) is 0.450. The lowest BCUT2D eigenvalue weighted by molar-refractivity contribution is -0.122. The number of nitrogens with zero attached hydrogens (tertiary/aromatic N) is 1. The fraction of sp³-hybridized carbons (Fsp3) is 0.273. The predicted octanol–water partition coefficient (Wildman–Crippen LogP) is 4.35. The lowest BCUT2D eigenvalue weighted by Crippen LogP contribution is -2.29. The minimum Gasteiger partial charge on any atom is -0.493 e. The summed E-state index contributed by atoms with van der Waals surface area (Å²) in [6.07, 6.45) is 2.31. The van der Waals surface area contributed by atoms with E-state index >= 15 is 0 Å². The molecule has 0 saturated carbocycles. The maximum atomic E-state index is 12.5. The van der Waals surface area contributed by atoms with E-state index in [1.807, 2.05) is 36.4 Å².